The summed E-state index contributed by atoms with van der Waals surface area (Å²) < 4.78 is 0. The van der Waals surface area contributed by atoms with Gasteiger partial charge in [0.1, 0.15) is 6.17 Å². The zero-order valence-electron chi connectivity index (χ0n) is 12.5. The highest BCUT2D eigenvalue weighted by atomic mass is 16.2. The molecule has 1 aromatic rings. The van der Waals surface area contributed by atoms with Crippen LogP contribution < -0.4 is 5.32 Å². The normalized spacial score (nSPS) is 24.1. The van der Waals surface area contributed by atoms with E-state index in [-0.39, 0.29) is 23.5 Å². The standard InChI is InChI=1S/C16H24N2O/c1-11-6-8-13(9-7-11)14-17-12(2)15(19)18(14)10-16(3,4)5/h6-9,12,14,17H,10H2,1-5H3. The van der Waals surface area contributed by atoms with Crippen molar-refractivity contribution in [3.05, 3.63) is 35.4 Å². The minimum absolute atomic E-state index is 0.00215. The molecule has 1 aliphatic heterocycles. The Kier molecular flexibility index (Phi) is 3.68. The molecule has 1 aliphatic rings. The number of benzene rings is 1. The number of hydrogen-bond donors (Lipinski definition) is 1. The number of carbonyl (C=O) groups is 1. The van der Waals surface area contributed by atoms with Crippen molar-refractivity contribution in [3.63, 3.8) is 0 Å². The highest BCUT2D eigenvalue weighted by Gasteiger charge is 2.38. The van der Waals surface area contributed by atoms with Gasteiger partial charge in [0.05, 0.1) is 6.04 Å². The molecular formula is C16H24N2O. The molecule has 1 fully saturated rings. The van der Waals surface area contributed by atoms with Gasteiger partial charge in [-0.25, -0.2) is 0 Å². The van der Waals surface area contributed by atoms with Crippen molar-refractivity contribution in [1.29, 1.82) is 0 Å². The molecule has 2 rings (SSSR count). The molecule has 0 saturated carbocycles. The van der Waals surface area contributed by atoms with Gasteiger partial charge < -0.3 is 4.90 Å². The topological polar surface area (TPSA) is 32.3 Å². The van der Waals surface area contributed by atoms with Crippen LogP contribution in [0, 0.1) is 12.3 Å². The average Bonchev–Trinajstić information content (AvgIpc) is 2.57. The minimum Gasteiger partial charge on any atom is -0.321 e. The molecule has 0 radical (unpaired) electrons. The van der Waals surface area contributed by atoms with Gasteiger partial charge in [-0.1, -0.05) is 50.6 Å². The van der Waals surface area contributed by atoms with Crippen molar-refractivity contribution in [3.8, 4) is 0 Å². The Hall–Kier alpha value is -1.35. The first-order chi connectivity index (χ1) is 8.78. The van der Waals surface area contributed by atoms with Crippen LogP contribution in [-0.4, -0.2) is 23.4 Å². The molecular weight excluding hydrogens is 236 g/mol. The van der Waals surface area contributed by atoms with Gasteiger partial charge in [0.25, 0.3) is 0 Å². The third kappa shape index (κ3) is 3.16. The van der Waals surface area contributed by atoms with Crippen molar-refractivity contribution >= 4 is 5.91 Å². The summed E-state index contributed by atoms with van der Waals surface area (Å²) in [7, 11) is 0. The van der Waals surface area contributed by atoms with E-state index in [1.807, 2.05) is 11.8 Å². The smallest absolute Gasteiger partial charge is 0.241 e. The number of aryl methyl sites for hydroxylation is 1. The van der Waals surface area contributed by atoms with Crippen molar-refractivity contribution in [2.75, 3.05) is 6.54 Å². The molecule has 1 N–H and O–H groups in total. The highest BCUT2D eigenvalue weighted by molar-refractivity contribution is 5.84. The maximum absolute atomic E-state index is 12.3. The second-order valence-corrected chi connectivity index (χ2v) is 6.73. The second-order valence-electron chi connectivity index (χ2n) is 6.73. The molecule has 19 heavy (non-hydrogen) atoms. The van der Waals surface area contributed by atoms with Crippen molar-refractivity contribution in [1.82, 2.24) is 10.2 Å². The molecule has 0 spiro atoms. The summed E-state index contributed by atoms with van der Waals surface area (Å²) in [6, 6.07) is 8.30. The quantitative estimate of drug-likeness (QED) is 0.887. The van der Waals surface area contributed by atoms with Crippen molar-refractivity contribution < 1.29 is 4.79 Å². The average molecular weight is 260 g/mol. The predicted octanol–water partition coefficient (Wildman–Crippen LogP) is 2.86. The van der Waals surface area contributed by atoms with E-state index in [1.54, 1.807) is 0 Å². The van der Waals surface area contributed by atoms with E-state index in [0.29, 0.717) is 0 Å². The molecule has 3 heteroatoms. The molecule has 3 nitrogen and oxygen atoms in total. The minimum atomic E-state index is -0.103. The Balaban J connectivity index is 2.27. The SMILES string of the molecule is Cc1ccc(C2NC(C)C(=O)N2CC(C)(C)C)cc1. The van der Waals surface area contributed by atoms with Gasteiger partial charge in [-0.2, -0.15) is 0 Å². The van der Waals surface area contributed by atoms with E-state index in [0.717, 1.165) is 12.1 Å². The molecule has 1 aromatic carbocycles. The molecule has 104 valence electrons. The molecule has 0 bridgehead atoms. The molecule has 0 aromatic heterocycles. The number of rotatable bonds is 2. The van der Waals surface area contributed by atoms with Crippen LogP contribution in [0.3, 0.4) is 0 Å². The summed E-state index contributed by atoms with van der Waals surface area (Å²) in [4.78, 5) is 14.3. The van der Waals surface area contributed by atoms with Crippen LogP contribution in [0.2, 0.25) is 0 Å². The molecule has 1 amide bonds. The maximum Gasteiger partial charge on any atom is 0.241 e. The van der Waals surface area contributed by atoms with Gasteiger partial charge >= 0.3 is 0 Å². The van der Waals surface area contributed by atoms with Crippen LogP contribution in [0.25, 0.3) is 0 Å². The van der Waals surface area contributed by atoms with Crippen LogP contribution in [0.5, 0.6) is 0 Å². The highest BCUT2D eigenvalue weighted by Crippen LogP contribution is 2.29. The first kappa shape index (κ1) is 14.1. The monoisotopic (exact) mass is 260 g/mol. The van der Waals surface area contributed by atoms with Crippen LogP contribution in [-0.2, 0) is 4.79 Å². The van der Waals surface area contributed by atoms with Crippen LogP contribution in [0.1, 0.15) is 45.0 Å². The lowest BCUT2D eigenvalue weighted by Gasteiger charge is -2.31. The van der Waals surface area contributed by atoms with Crippen LogP contribution in [0.4, 0.5) is 0 Å². The second kappa shape index (κ2) is 4.97. The largest absolute Gasteiger partial charge is 0.321 e. The zero-order chi connectivity index (χ0) is 14.2. The Morgan fingerprint density at radius 2 is 1.79 bits per heavy atom. The Labute approximate surface area is 116 Å². The predicted molar refractivity (Wildman–Crippen MR) is 77.7 cm³/mol. The molecule has 1 heterocycles. The zero-order valence-corrected chi connectivity index (χ0v) is 12.5. The van der Waals surface area contributed by atoms with Gasteiger partial charge in [0.15, 0.2) is 0 Å². The first-order valence-electron chi connectivity index (χ1n) is 6.91. The third-order valence-electron chi connectivity index (χ3n) is 3.41. The van der Waals surface area contributed by atoms with E-state index >= 15 is 0 Å². The van der Waals surface area contributed by atoms with E-state index in [2.05, 4.69) is 57.3 Å². The summed E-state index contributed by atoms with van der Waals surface area (Å²) in [6.45, 7) is 11.3. The molecule has 1 saturated heterocycles. The van der Waals surface area contributed by atoms with Gasteiger partial charge in [0, 0.05) is 6.54 Å². The number of carbonyl (C=O) groups excluding carboxylic acids is 1. The fourth-order valence-electron chi connectivity index (χ4n) is 2.48. The summed E-state index contributed by atoms with van der Waals surface area (Å²) in [5, 5.41) is 3.39. The van der Waals surface area contributed by atoms with E-state index < -0.39 is 0 Å². The van der Waals surface area contributed by atoms with Crippen molar-refractivity contribution in [2.45, 2.75) is 46.8 Å². The summed E-state index contributed by atoms with van der Waals surface area (Å²) in [6.07, 6.45) is 0.00215. The Bertz CT molecular complexity index is 459. The number of hydrogen-bond acceptors (Lipinski definition) is 2. The lowest BCUT2D eigenvalue weighted by atomic mass is 9.95. The summed E-state index contributed by atoms with van der Waals surface area (Å²) in [5.41, 5.74) is 2.50. The van der Waals surface area contributed by atoms with Crippen LogP contribution >= 0.6 is 0 Å². The Morgan fingerprint density at radius 1 is 1.21 bits per heavy atom. The van der Waals surface area contributed by atoms with Gasteiger partial charge in [0.2, 0.25) is 5.91 Å². The van der Waals surface area contributed by atoms with E-state index in [4.69, 9.17) is 0 Å². The van der Waals surface area contributed by atoms with Crippen LogP contribution in [0.15, 0.2) is 24.3 Å². The lowest BCUT2D eigenvalue weighted by molar-refractivity contribution is -0.131. The first-order valence-corrected chi connectivity index (χ1v) is 6.91. The van der Waals surface area contributed by atoms with E-state index in [9.17, 15) is 4.79 Å². The lowest BCUT2D eigenvalue weighted by Crippen LogP contribution is -2.37. The fourth-order valence-corrected chi connectivity index (χ4v) is 2.48. The van der Waals surface area contributed by atoms with E-state index in [1.165, 1.54) is 5.56 Å². The van der Waals surface area contributed by atoms with Gasteiger partial charge in [-0.05, 0) is 24.8 Å². The summed E-state index contributed by atoms with van der Waals surface area (Å²) in [5.74, 6) is 0.195. The van der Waals surface area contributed by atoms with Gasteiger partial charge in [-0.3, -0.25) is 10.1 Å². The maximum atomic E-state index is 12.3. The van der Waals surface area contributed by atoms with Crippen molar-refractivity contribution in [2.24, 2.45) is 5.41 Å². The Morgan fingerprint density at radius 3 is 2.32 bits per heavy atom. The summed E-state index contributed by atoms with van der Waals surface area (Å²) >= 11 is 0. The number of nitrogens with zero attached hydrogens (tertiary/aromatic N) is 1. The molecule has 0 aliphatic carbocycles. The number of nitrogens with one attached hydrogen (secondary N) is 1. The molecule has 2 atom stereocenters. The fraction of sp³-hybridized carbons (Fsp3) is 0.562. The number of amides is 1. The van der Waals surface area contributed by atoms with Gasteiger partial charge in [-0.15, -0.1) is 0 Å². The molecule has 2 unspecified atom stereocenters. The third-order valence-corrected chi connectivity index (χ3v) is 3.41.